The van der Waals surface area contributed by atoms with Gasteiger partial charge in [-0.15, -0.1) is 0 Å². The summed E-state index contributed by atoms with van der Waals surface area (Å²) in [5.74, 6) is -0.865. The van der Waals surface area contributed by atoms with Crippen LogP contribution < -0.4 is 4.90 Å². The molecule has 0 spiro atoms. The number of pyridine rings is 1. The summed E-state index contributed by atoms with van der Waals surface area (Å²) in [6.07, 6.45) is 5.87. The van der Waals surface area contributed by atoms with E-state index in [-0.39, 0.29) is 11.4 Å². The zero-order valence-electron chi connectivity index (χ0n) is 26.8. The average Bonchev–Trinajstić information content (AvgIpc) is 3.51. The lowest BCUT2D eigenvalue weighted by Gasteiger charge is -2.26. The second-order valence-electron chi connectivity index (χ2n) is 12.3. The van der Waals surface area contributed by atoms with Crippen molar-refractivity contribution in [3.8, 4) is 16.8 Å². The van der Waals surface area contributed by atoms with E-state index in [1.54, 1.807) is 41.3 Å². The summed E-state index contributed by atoms with van der Waals surface area (Å²) in [5.41, 5.74) is 8.60. The van der Waals surface area contributed by atoms with E-state index in [0.717, 1.165) is 28.1 Å². The van der Waals surface area contributed by atoms with E-state index in [9.17, 15) is 8.78 Å². The zero-order valence-corrected chi connectivity index (χ0v) is 26.8. The van der Waals surface area contributed by atoms with Gasteiger partial charge in [0.15, 0.2) is 0 Å². The number of para-hydroxylation sites is 3. The van der Waals surface area contributed by atoms with E-state index < -0.39 is 11.6 Å². The molecule has 0 saturated carbocycles. The molecule has 0 amide bonds. The van der Waals surface area contributed by atoms with E-state index in [2.05, 4.69) is 77.4 Å². The highest BCUT2D eigenvalue weighted by molar-refractivity contribution is 6.25. The molecule has 0 aliphatic heterocycles. The standard InChI is InChI=1S/C45H29F2N3/c46-38-12-4-6-14-40(38)49(41-15-7-5-13-39(41)47)37-25-18-30(19-26-37)17-23-35-24-22-33(29-48-35)34-27-32-21-20-31-9-8-16-42-44(31)45(32)43(28-34)50(42)36-10-2-1-3-11-36/h1-29H/b23-17+. The van der Waals surface area contributed by atoms with E-state index in [1.165, 1.54) is 44.7 Å². The third-order valence-electron chi connectivity index (χ3n) is 9.32. The molecule has 0 radical (unpaired) electrons. The first-order valence-electron chi connectivity index (χ1n) is 16.5. The van der Waals surface area contributed by atoms with Gasteiger partial charge in [-0.2, -0.15) is 0 Å². The van der Waals surface area contributed by atoms with Crippen LogP contribution in [-0.4, -0.2) is 9.55 Å². The third-order valence-corrected chi connectivity index (χ3v) is 9.32. The Morgan fingerprint density at radius 2 is 1.20 bits per heavy atom. The summed E-state index contributed by atoms with van der Waals surface area (Å²) >= 11 is 0. The van der Waals surface area contributed by atoms with Crippen LogP contribution in [0.4, 0.5) is 25.8 Å². The predicted molar refractivity (Wildman–Crippen MR) is 203 cm³/mol. The van der Waals surface area contributed by atoms with Crippen molar-refractivity contribution in [2.75, 3.05) is 4.90 Å². The monoisotopic (exact) mass is 649 g/mol. The predicted octanol–water partition coefficient (Wildman–Crippen LogP) is 12.4. The molecule has 7 aromatic carbocycles. The van der Waals surface area contributed by atoms with Crippen LogP contribution in [0.25, 0.3) is 61.5 Å². The van der Waals surface area contributed by atoms with Crippen molar-refractivity contribution in [3.05, 3.63) is 187 Å². The van der Waals surface area contributed by atoms with Crippen molar-refractivity contribution in [2.45, 2.75) is 0 Å². The number of benzene rings is 7. The molecule has 3 nitrogen and oxygen atoms in total. The molecule has 2 heterocycles. The smallest absolute Gasteiger partial charge is 0.147 e. The first kappa shape index (κ1) is 29.5. The molecule has 0 aliphatic carbocycles. The molecule has 0 unspecified atom stereocenters. The molecule has 0 aliphatic rings. The molecule has 0 N–H and O–H groups in total. The second-order valence-corrected chi connectivity index (χ2v) is 12.3. The van der Waals surface area contributed by atoms with Gasteiger partial charge in [-0.3, -0.25) is 4.98 Å². The van der Waals surface area contributed by atoms with Gasteiger partial charge in [-0.05, 0) is 101 Å². The molecular weight excluding hydrogens is 621 g/mol. The molecule has 50 heavy (non-hydrogen) atoms. The summed E-state index contributed by atoms with van der Waals surface area (Å²) in [6.45, 7) is 0. The Bertz CT molecular complexity index is 2610. The van der Waals surface area contributed by atoms with Gasteiger partial charge in [-0.25, -0.2) is 8.78 Å². The van der Waals surface area contributed by atoms with E-state index in [4.69, 9.17) is 4.98 Å². The number of aromatic nitrogens is 2. The van der Waals surface area contributed by atoms with Gasteiger partial charge in [0.25, 0.3) is 0 Å². The normalized spacial score (nSPS) is 11.7. The minimum absolute atomic E-state index is 0.274. The highest BCUT2D eigenvalue weighted by Gasteiger charge is 2.20. The number of hydrogen-bond donors (Lipinski definition) is 0. The molecule has 9 rings (SSSR count). The lowest BCUT2D eigenvalue weighted by atomic mass is 9.98. The Morgan fingerprint density at radius 3 is 1.90 bits per heavy atom. The number of hydrogen-bond acceptors (Lipinski definition) is 2. The van der Waals surface area contributed by atoms with Crippen LogP contribution >= 0.6 is 0 Å². The lowest BCUT2D eigenvalue weighted by molar-refractivity contribution is 0.619. The molecule has 2 aromatic heterocycles. The Kier molecular flexibility index (Phi) is 7.17. The summed E-state index contributed by atoms with van der Waals surface area (Å²) in [7, 11) is 0. The van der Waals surface area contributed by atoms with Crippen LogP contribution in [0.3, 0.4) is 0 Å². The largest absolute Gasteiger partial charge is 0.309 e. The van der Waals surface area contributed by atoms with E-state index >= 15 is 0 Å². The van der Waals surface area contributed by atoms with Crippen LogP contribution in [0, 0.1) is 11.6 Å². The minimum Gasteiger partial charge on any atom is -0.309 e. The van der Waals surface area contributed by atoms with Crippen LogP contribution in [0.15, 0.2) is 164 Å². The third kappa shape index (κ3) is 5.08. The number of nitrogens with zero attached hydrogens (tertiary/aromatic N) is 3. The number of anilines is 3. The van der Waals surface area contributed by atoms with Crippen LogP contribution in [0.1, 0.15) is 11.3 Å². The number of halogens is 2. The van der Waals surface area contributed by atoms with Gasteiger partial charge in [0.1, 0.15) is 11.6 Å². The Hall–Kier alpha value is -6.59. The van der Waals surface area contributed by atoms with E-state index in [1.807, 2.05) is 54.7 Å². The Labute approximate surface area is 288 Å². The summed E-state index contributed by atoms with van der Waals surface area (Å²) < 4.78 is 32.2. The van der Waals surface area contributed by atoms with Crippen molar-refractivity contribution < 1.29 is 8.78 Å². The minimum atomic E-state index is -0.433. The Balaban J connectivity index is 1.02. The maximum Gasteiger partial charge on any atom is 0.147 e. The molecule has 9 aromatic rings. The van der Waals surface area contributed by atoms with Gasteiger partial charge in [0.2, 0.25) is 0 Å². The maximum atomic E-state index is 14.9. The fourth-order valence-electron chi connectivity index (χ4n) is 6.98. The second kappa shape index (κ2) is 12.1. The lowest BCUT2D eigenvalue weighted by Crippen LogP contribution is -2.13. The summed E-state index contributed by atoms with van der Waals surface area (Å²) in [6, 6.07) is 50.5. The molecule has 0 fully saturated rings. The molecule has 238 valence electrons. The quantitative estimate of drug-likeness (QED) is 0.160. The van der Waals surface area contributed by atoms with Crippen LogP contribution in [0.2, 0.25) is 0 Å². The highest BCUT2D eigenvalue weighted by Crippen LogP contribution is 2.41. The van der Waals surface area contributed by atoms with Gasteiger partial charge < -0.3 is 9.47 Å². The topological polar surface area (TPSA) is 21.1 Å². The maximum absolute atomic E-state index is 14.9. The SMILES string of the molecule is Fc1ccccc1N(c1ccc(/C=C/c2ccc(-c3cc4ccc5cccc6c5c4c(c3)n6-c3ccccc3)cn2)cc1)c1ccccc1F. The van der Waals surface area contributed by atoms with Gasteiger partial charge in [-0.1, -0.05) is 91.0 Å². The zero-order chi connectivity index (χ0) is 33.6. The van der Waals surface area contributed by atoms with Crippen molar-refractivity contribution in [2.24, 2.45) is 0 Å². The summed E-state index contributed by atoms with van der Waals surface area (Å²) in [5, 5.41) is 5.00. The van der Waals surface area contributed by atoms with Crippen molar-refractivity contribution in [1.82, 2.24) is 9.55 Å². The molecule has 0 atom stereocenters. The van der Waals surface area contributed by atoms with Gasteiger partial charge in [0, 0.05) is 33.9 Å². The highest BCUT2D eigenvalue weighted by atomic mass is 19.1. The Morgan fingerprint density at radius 1 is 0.520 bits per heavy atom. The summed E-state index contributed by atoms with van der Waals surface area (Å²) in [4.78, 5) is 6.38. The van der Waals surface area contributed by atoms with E-state index in [0.29, 0.717) is 5.69 Å². The van der Waals surface area contributed by atoms with Crippen LogP contribution in [-0.2, 0) is 0 Å². The average molecular weight is 650 g/mol. The van der Waals surface area contributed by atoms with Gasteiger partial charge in [0.05, 0.1) is 28.1 Å². The van der Waals surface area contributed by atoms with Gasteiger partial charge >= 0.3 is 0 Å². The first-order chi connectivity index (χ1) is 24.6. The molecule has 0 bridgehead atoms. The molecular formula is C45H29F2N3. The fourth-order valence-corrected chi connectivity index (χ4v) is 6.98. The van der Waals surface area contributed by atoms with Crippen molar-refractivity contribution >= 4 is 61.8 Å². The first-order valence-corrected chi connectivity index (χ1v) is 16.5. The number of rotatable bonds is 7. The molecule has 0 saturated heterocycles. The fraction of sp³-hybridized carbons (Fsp3) is 0. The molecule has 5 heteroatoms. The van der Waals surface area contributed by atoms with Crippen LogP contribution in [0.5, 0.6) is 0 Å². The van der Waals surface area contributed by atoms with Crippen molar-refractivity contribution in [1.29, 1.82) is 0 Å². The van der Waals surface area contributed by atoms with Crippen molar-refractivity contribution in [3.63, 3.8) is 0 Å².